The number of fused-ring (bicyclic) bond motifs is 3. The van der Waals surface area contributed by atoms with Gasteiger partial charge in [-0.1, -0.05) is 48.0 Å². The lowest BCUT2D eigenvalue weighted by molar-refractivity contribution is 0.122. The Labute approximate surface area is 161 Å². The molecule has 134 valence electrons. The van der Waals surface area contributed by atoms with Crippen LogP contribution in [0.1, 0.15) is 0 Å². The Bertz CT molecular complexity index is 1120. The molecule has 3 heterocycles. The monoisotopic (exact) mass is 376 g/mol. The van der Waals surface area contributed by atoms with Gasteiger partial charge in [0.1, 0.15) is 11.3 Å². The maximum Gasteiger partial charge on any atom is 0.137 e. The van der Waals surface area contributed by atoms with Gasteiger partial charge in [0, 0.05) is 34.4 Å². The van der Waals surface area contributed by atoms with E-state index in [-0.39, 0.29) is 0 Å². The number of pyridine rings is 1. The maximum atomic E-state index is 6.00. The molecule has 0 spiro atoms. The summed E-state index contributed by atoms with van der Waals surface area (Å²) in [5, 5.41) is 11.8. The average molecular weight is 377 g/mol. The molecule has 5 nitrogen and oxygen atoms in total. The molecule has 6 heteroatoms. The van der Waals surface area contributed by atoms with E-state index < -0.39 is 0 Å². The van der Waals surface area contributed by atoms with Gasteiger partial charge in [-0.05, 0) is 18.2 Å². The van der Waals surface area contributed by atoms with E-state index in [1.54, 1.807) is 0 Å². The van der Waals surface area contributed by atoms with Crippen molar-refractivity contribution in [2.24, 2.45) is 0 Å². The van der Waals surface area contributed by atoms with Gasteiger partial charge < -0.3 is 9.64 Å². The minimum Gasteiger partial charge on any atom is -0.378 e. The van der Waals surface area contributed by atoms with E-state index in [1.807, 2.05) is 42.5 Å². The SMILES string of the molecule is Clc1ccc(-c2cc3nc(N4CCOCC4)c4ccccc4c3nn2)cc1. The highest BCUT2D eigenvalue weighted by Gasteiger charge is 2.18. The largest absolute Gasteiger partial charge is 0.378 e. The number of ether oxygens (including phenoxy) is 1. The van der Waals surface area contributed by atoms with E-state index in [0.29, 0.717) is 5.02 Å². The van der Waals surface area contributed by atoms with Crippen LogP contribution in [0.15, 0.2) is 54.6 Å². The van der Waals surface area contributed by atoms with Crippen molar-refractivity contribution >= 4 is 39.2 Å². The third-order valence-corrected chi connectivity index (χ3v) is 5.13. The zero-order valence-electron chi connectivity index (χ0n) is 14.6. The Morgan fingerprint density at radius 3 is 2.41 bits per heavy atom. The lowest BCUT2D eigenvalue weighted by Crippen LogP contribution is -2.36. The van der Waals surface area contributed by atoms with Gasteiger partial charge in [0.2, 0.25) is 0 Å². The summed E-state index contributed by atoms with van der Waals surface area (Å²) in [5.41, 5.74) is 3.42. The Balaban J connectivity index is 1.72. The topological polar surface area (TPSA) is 51.1 Å². The first-order valence-electron chi connectivity index (χ1n) is 8.94. The first-order chi connectivity index (χ1) is 13.3. The number of benzene rings is 2. The van der Waals surface area contributed by atoms with E-state index in [2.05, 4.69) is 27.2 Å². The second-order valence-electron chi connectivity index (χ2n) is 6.55. The van der Waals surface area contributed by atoms with Crippen molar-refractivity contribution in [2.75, 3.05) is 31.2 Å². The smallest absolute Gasteiger partial charge is 0.137 e. The van der Waals surface area contributed by atoms with Gasteiger partial charge in [-0.3, -0.25) is 0 Å². The number of rotatable bonds is 2. The summed E-state index contributed by atoms with van der Waals surface area (Å²) in [7, 11) is 0. The van der Waals surface area contributed by atoms with Gasteiger partial charge in [0.05, 0.1) is 24.4 Å². The molecule has 0 radical (unpaired) electrons. The molecule has 0 amide bonds. The van der Waals surface area contributed by atoms with Crippen LogP contribution in [0.25, 0.3) is 33.1 Å². The van der Waals surface area contributed by atoms with Crippen LogP contribution >= 0.6 is 11.6 Å². The molecule has 0 N–H and O–H groups in total. The minimum absolute atomic E-state index is 0.700. The lowest BCUT2D eigenvalue weighted by atomic mass is 10.1. The average Bonchev–Trinajstić information content (AvgIpc) is 2.74. The molecule has 0 bridgehead atoms. The molecule has 1 aliphatic heterocycles. The van der Waals surface area contributed by atoms with Crippen molar-refractivity contribution in [1.29, 1.82) is 0 Å². The third kappa shape index (κ3) is 2.99. The number of morpholine rings is 1. The summed E-state index contributed by atoms with van der Waals surface area (Å²) >= 11 is 6.00. The summed E-state index contributed by atoms with van der Waals surface area (Å²) in [4.78, 5) is 7.26. The normalized spacial score (nSPS) is 14.8. The highest BCUT2D eigenvalue weighted by atomic mass is 35.5. The lowest BCUT2D eigenvalue weighted by Gasteiger charge is -2.29. The van der Waals surface area contributed by atoms with Gasteiger partial charge in [-0.2, -0.15) is 0 Å². The van der Waals surface area contributed by atoms with Crippen LogP contribution in [-0.2, 0) is 4.74 Å². The first-order valence-corrected chi connectivity index (χ1v) is 9.32. The molecule has 4 aromatic rings. The number of aromatic nitrogens is 3. The summed E-state index contributed by atoms with van der Waals surface area (Å²) in [6.45, 7) is 3.12. The standard InChI is InChI=1S/C21H17ClN4O/c22-15-7-5-14(6-8-15)18-13-19-20(25-24-18)16-3-1-2-4-17(16)21(23-19)26-9-11-27-12-10-26/h1-8,13H,9-12H2. The van der Waals surface area contributed by atoms with Gasteiger partial charge in [-0.15, -0.1) is 10.2 Å². The fourth-order valence-corrected chi connectivity index (χ4v) is 3.62. The van der Waals surface area contributed by atoms with Crippen molar-refractivity contribution in [2.45, 2.75) is 0 Å². The summed E-state index contributed by atoms with van der Waals surface area (Å²) < 4.78 is 5.50. The molecule has 2 aromatic heterocycles. The molecule has 0 unspecified atom stereocenters. The van der Waals surface area contributed by atoms with Crippen molar-refractivity contribution in [1.82, 2.24) is 15.2 Å². The van der Waals surface area contributed by atoms with Crippen LogP contribution < -0.4 is 4.90 Å². The van der Waals surface area contributed by atoms with Crippen LogP contribution in [0, 0.1) is 0 Å². The summed E-state index contributed by atoms with van der Waals surface area (Å²) in [5.74, 6) is 0.983. The number of hydrogen-bond donors (Lipinski definition) is 0. The Hall–Kier alpha value is -2.76. The quantitative estimate of drug-likeness (QED) is 0.487. The van der Waals surface area contributed by atoms with E-state index in [9.17, 15) is 0 Å². The van der Waals surface area contributed by atoms with Crippen molar-refractivity contribution in [3.05, 3.63) is 59.6 Å². The molecule has 2 aromatic carbocycles. The van der Waals surface area contributed by atoms with Gasteiger partial charge in [0.15, 0.2) is 0 Å². The van der Waals surface area contributed by atoms with Crippen molar-refractivity contribution in [3.63, 3.8) is 0 Å². The second-order valence-corrected chi connectivity index (χ2v) is 6.99. The van der Waals surface area contributed by atoms with E-state index in [0.717, 1.165) is 65.2 Å². The Morgan fingerprint density at radius 2 is 1.63 bits per heavy atom. The summed E-state index contributed by atoms with van der Waals surface area (Å²) in [6, 6.07) is 17.9. The molecule has 0 saturated carbocycles. The zero-order chi connectivity index (χ0) is 18.2. The fourth-order valence-electron chi connectivity index (χ4n) is 3.50. The van der Waals surface area contributed by atoms with Gasteiger partial charge in [-0.25, -0.2) is 4.98 Å². The predicted octanol–water partition coefficient (Wildman–Crippen LogP) is 4.34. The zero-order valence-corrected chi connectivity index (χ0v) is 15.4. The van der Waals surface area contributed by atoms with Crippen LogP contribution in [-0.4, -0.2) is 41.5 Å². The van der Waals surface area contributed by atoms with Gasteiger partial charge >= 0.3 is 0 Å². The highest BCUT2D eigenvalue weighted by Crippen LogP contribution is 2.32. The van der Waals surface area contributed by atoms with Crippen LogP contribution in [0.2, 0.25) is 5.02 Å². The molecular weight excluding hydrogens is 360 g/mol. The molecule has 0 atom stereocenters. The number of hydrogen-bond acceptors (Lipinski definition) is 5. The molecule has 1 fully saturated rings. The van der Waals surface area contributed by atoms with Crippen LogP contribution in [0.5, 0.6) is 0 Å². The van der Waals surface area contributed by atoms with Crippen LogP contribution in [0.4, 0.5) is 5.82 Å². The molecular formula is C21H17ClN4O. The van der Waals surface area contributed by atoms with E-state index >= 15 is 0 Å². The highest BCUT2D eigenvalue weighted by molar-refractivity contribution is 6.30. The number of nitrogens with zero attached hydrogens (tertiary/aromatic N) is 4. The minimum atomic E-state index is 0.700. The van der Waals surface area contributed by atoms with Crippen molar-refractivity contribution < 1.29 is 4.74 Å². The maximum absolute atomic E-state index is 6.00. The predicted molar refractivity (Wildman–Crippen MR) is 108 cm³/mol. The fraction of sp³-hybridized carbons (Fsp3) is 0.190. The molecule has 5 rings (SSSR count). The third-order valence-electron chi connectivity index (χ3n) is 4.87. The first kappa shape index (κ1) is 16.4. The van der Waals surface area contributed by atoms with Gasteiger partial charge in [0.25, 0.3) is 0 Å². The molecule has 0 aliphatic carbocycles. The number of halogens is 1. The number of anilines is 1. The second kappa shape index (κ2) is 6.76. The molecule has 1 aliphatic rings. The molecule has 27 heavy (non-hydrogen) atoms. The van der Waals surface area contributed by atoms with E-state index in [1.165, 1.54) is 0 Å². The molecule has 1 saturated heterocycles. The Morgan fingerprint density at radius 1 is 0.889 bits per heavy atom. The van der Waals surface area contributed by atoms with E-state index in [4.69, 9.17) is 21.3 Å². The van der Waals surface area contributed by atoms with Crippen molar-refractivity contribution in [3.8, 4) is 11.3 Å². The van der Waals surface area contributed by atoms with Crippen LogP contribution in [0.3, 0.4) is 0 Å². The Kier molecular flexibility index (Phi) is 4.11. The summed E-state index contributed by atoms with van der Waals surface area (Å²) in [6.07, 6.45) is 0.